The molecule has 2 aliphatic rings. The van der Waals surface area contributed by atoms with Crippen LogP contribution in [0.3, 0.4) is 0 Å². The number of aromatic nitrogens is 2. The van der Waals surface area contributed by atoms with Gasteiger partial charge in [0.1, 0.15) is 0 Å². The molecular weight excluding hydrogens is 316 g/mol. The van der Waals surface area contributed by atoms with Crippen molar-refractivity contribution in [1.29, 1.82) is 0 Å². The zero-order chi connectivity index (χ0) is 18.1. The van der Waals surface area contributed by atoms with E-state index in [9.17, 15) is 9.90 Å². The molecule has 1 aromatic rings. The first-order chi connectivity index (χ1) is 11.8. The van der Waals surface area contributed by atoms with Gasteiger partial charge in [-0.25, -0.2) is 4.79 Å². The lowest BCUT2D eigenvalue weighted by molar-refractivity contribution is -0.0219. The van der Waals surface area contributed by atoms with Gasteiger partial charge in [-0.1, -0.05) is 20.8 Å². The van der Waals surface area contributed by atoms with Gasteiger partial charge in [0.25, 0.3) is 0 Å². The van der Waals surface area contributed by atoms with E-state index in [1.165, 1.54) is 11.3 Å². The second-order valence-electron chi connectivity index (χ2n) is 9.01. The third kappa shape index (κ3) is 4.54. The van der Waals surface area contributed by atoms with Crippen LogP contribution in [0, 0.1) is 11.3 Å². The maximum atomic E-state index is 12.2. The van der Waals surface area contributed by atoms with Crippen molar-refractivity contribution in [2.24, 2.45) is 11.3 Å². The van der Waals surface area contributed by atoms with Crippen LogP contribution < -0.4 is 10.6 Å². The van der Waals surface area contributed by atoms with Crippen molar-refractivity contribution in [1.82, 2.24) is 20.8 Å². The number of nitrogens with one attached hydrogen (secondary N) is 3. The van der Waals surface area contributed by atoms with Crippen LogP contribution in [0.2, 0.25) is 0 Å². The van der Waals surface area contributed by atoms with Crippen LogP contribution in [0.5, 0.6) is 0 Å². The number of rotatable bonds is 3. The highest BCUT2D eigenvalue weighted by Gasteiger charge is 2.37. The fraction of sp³-hybridized carbons (Fsp3) is 0.789. The molecule has 0 aliphatic heterocycles. The number of aryl methyl sites for hydroxylation is 1. The molecule has 0 bridgehead atoms. The molecule has 1 atom stereocenters. The van der Waals surface area contributed by atoms with Crippen LogP contribution in [0.4, 0.5) is 4.79 Å². The van der Waals surface area contributed by atoms with Crippen LogP contribution in [-0.2, 0) is 12.8 Å². The predicted octanol–water partition coefficient (Wildman–Crippen LogP) is 2.53. The number of aromatic amines is 1. The number of hydrogen-bond acceptors (Lipinski definition) is 3. The summed E-state index contributed by atoms with van der Waals surface area (Å²) in [5.74, 6) is 0.646. The fourth-order valence-corrected chi connectivity index (χ4v) is 4.22. The highest BCUT2D eigenvalue weighted by atomic mass is 16.3. The standard InChI is InChI=1S/C19H32N4O2/c1-18(2,3)14-6-8-19(25,9-7-14)12-20-17(24)22-15-4-5-16-13(10-15)11-21-23-16/h11,14-15,25H,4-10,12H2,1-3H3,(H,21,23)(H2,20,22,24). The topological polar surface area (TPSA) is 90.0 Å². The molecule has 0 spiro atoms. The van der Waals surface area contributed by atoms with E-state index in [-0.39, 0.29) is 12.1 Å². The fourth-order valence-electron chi connectivity index (χ4n) is 4.22. The summed E-state index contributed by atoms with van der Waals surface area (Å²) >= 11 is 0. The minimum Gasteiger partial charge on any atom is -0.388 e. The Morgan fingerprint density at radius 2 is 2.08 bits per heavy atom. The van der Waals surface area contributed by atoms with Crippen LogP contribution in [0.1, 0.15) is 64.1 Å². The molecular formula is C19H32N4O2. The Kier molecular flexibility index (Phi) is 5.09. The Labute approximate surface area is 150 Å². The van der Waals surface area contributed by atoms with Crippen molar-refractivity contribution in [2.45, 2.75) is 77.4 Å². The van der Waals surface area contributed by atoms with Crippen molar-refractivity contribution >= 4 is 6.03 Å². The Hall–Kier alpha value is -1.56. The van der Waals surface area contributed by atoms with Crippen LogP contribution in [-0.4, -0.2) is 39.5 Å². The van der Waals surface area contributed by atoms with Gasteiger partial charge in [0.2, 0.25) is 0 Å². The molecule has 2 amide bonds. The SMILES string of the molecule is CC(C)(C)C1CCC(O)(CNC(=O)NC2CCc3[nH]ncc3C2)CC1. The van der Waals surface area contributed by atoms with Gasteiger partial charge in [0, 0.05) is 18.3 Å². The average Bonchev–Trinajstić information content (AvgIpc) is 3.00. The highest BCUT2D eigenvalue weighted by molar-refractivity contribution is 5.74. The number of amides is 2. The summed E-state index contributed by atoms with van der Waals surface area (Å²) in [5, 5.41) is 23.7. The highest BCUT2D eigenvalue weighted by Crippen LogP contribution is 2.41. The van der Waals surface area contributed by atoms with E-state index in [0.717, 1.165) is 44.9 Å². The molecule has 0 radical (unpaired) electrons. The van der Waals surface area contributed by atoms with Crippen LogP contribution >= 0.6 is 0 Å². The maximum Gasteiger partial charge on any atom is 0.315 e. The van der Waals surface area contributed by atoms with Gasteiger partial charge < -0.3 is 15.7 Å². The zero-order valence-electron chi connectivity index (χ0n) is 15.7. The molecule has 1 unspecified atom stereocenters. The van der Waals surface area contributed by atoms with E-state index in [1.54, 1.807) is 0 Å². The summed E-state index contributed by atoms with van der Waals surface area (Å²) in [6.07, 6.45) is 8.06. The first-order valence-corrected chi connectivity index (χ1v) is 9.53. The summed E-state index contributed by atoms with van der Waals surface area (Å²) in [6, 6.07) is -0.0420. The molecule has 1 saturated carbocycles. The molecule has 25 heavy (non-hydrogen) atoms. The quantitative estimate of drug-likeness (QED) is 0.677. The number of nitrogens with zero attached hydrogens (tertiary/aromatic N) is 1. The van der Waals surface area contributed by atoms with E-state index < -0.39 is 5.60 Å². The van der Waals surface area contributed by atoms with E-state index in [1.807, 2.05) is 6.20 Å². The van der Waals surface area contributed by atoms with Gasteiger partial charge in [-0.3, -0.25) is 5.10 Å². The number of aliphatic hydroxyl groups is 1. The molecule has 140 valence electrons. The number of carbonyl (C=O) groups excluding carboxylic acids is 1. The molecule has 1 fully saturated rings. The first kappa shape index (κ1) is 18.2. The normalized spacial score (nSPS) is 29.8. The van der Waals surface area contributed by atoms with Gasteiger partial charge in [0.15, 0.2) is 0 Å². The summed E-state index contributed by atoms with van der Waals surface area (Å²) in [4.78, 5) is 12.2. The molecule has 4 N–H and O–H groups in total. The molecule has 1 heterocycles. The zero-order valence-corrected chi connectivity index (χ0v) is 15.7. The predicted molar refractivity (Wildman–Crippen MR) is 97.3 cm³/mol. The maximum absolute atomic E-state index is 12.2. The first-order valence-electron chi connectivity index (χ1n) is 9.53. The molecule has 3 rings (SSSR count). The van der Waals surface area contributed by atoms with Gasteiger partial charge in [-0.05, 0) is 61.8 Å². The number of H-pyrrole nitrogens is 1. The Morgan fingerprint density at radius 1 is 1.36 bits per heavy atom. The Morgan fingerprint density at radius 3 is 2.76 bits per heavy atom. The monoisotopic (exact) mass is 348 g/mol. The lowest BCUT2D eigenvalue weighted by atomic mass is 9.68. The Balaban J connectivity index is 1.42. The van der Waals surface area contributed by atoms with Gasteiger partial charge in [-0.2, -0.15) is 5.10 Å². The largest absolute Gasteiger partial charge is 0.388 e. The minimum absolute atomic E-state index is 0.136. The average molecular weight is 348 g/mol. The second-order valence-corrected chi connectivity index (χ2v) is 9.01. The number of urea groups is 1. The van der Waals surface area contributed by atoms with Crippen LogP contribution in [0.15, 0.2) is 6.20 Å². The molecule has 6 heteroatoms. The van der Waals surface area contributed by atoms with Crippen molar-refractivity contribution in [3.63, 3.8) is 0 Å². The summed E-state index contributed by atoms with van der Waals surface area (Å²) in [5.41, 5.74) is 1.90. The summed E-state index contributed by atoms with van der Waals surface area (Å²) < 4.78 is 0. The van der Waals surface area contributed by atoms with E-state index in [2.05, 4.69) is 41.6 Å². The van der Waals surface area contributed by atoms with Crippen molar-refractivity contribution in [2.75, 3.05) is 6.54 Å². The van der Waals surface area contributed by atoms with E-state index in [0.29, 0.717) is 17.9 Å². The molecule has 0 aromatic carbocycles. The van der Waals surface area contributed by atoms with Gasteiger partial charge in [0.05, 0.1) is 11.8 Å². The van der Waals surface area contributed by atoms with Gasteiger partial charge in [-0.15, -0.1) is 0 Å². The number of hydrogen-bond donors (Lipinski definition) is 4. The molecule has 1 aromatic heterocycles. The van der Waals surface area contributed by atoms with Crippen molar-refractivity contribution in [3.8, 4) is 0 Å². The second kappa shape index (κ2) is 6.98. The molecule has 2 aliphatic carbocycles. The van der Waals surface area contributed by atoms with Gasteiger partial charge >= 0.3 is 6.03 Å². The molecule has 6 nitrogen and oxygen atoms in total. The third-order valence-electron chi connectivity index (χ3n) is 6.07. The lowest BCUT2D eigenvalue weighted by Crippen LogP contribution is -2.51. The minimum atomic E-state index is -0.761. The smallest absolute Gasteiger partial charge is 0.315 e. The molecule has 0 saturated heterocycles. The summed E-state index contributed by atoms with van der Waals surface area (Å²) in [7, 11) is 0. The number of carbonyl (C=O) groups is 1. The van der Waals surface area contributed by atoms with Crippen molar-refractivity contribution in [3.05, 3.63) is 17.5 Å². The van der Waals surface area contributed by atoms with Crippen LogP contribution in [0.25, 0.3) is 0 Å². The lowest BCUT2D eigenvalue weighted by Gasteiger charge is -2.41. The van der Waals surface area contributed by atoms with E-state index >= 15 is 0 Å². The third-order valence-corrected chi connectivity index (χ3v) is 6.07. The summed E-state index contributed by atoms with van der Waals surface area (Å²) in [6.45, 7) is 7.13. The van der Waals surface area contributed by atoms with E-state index in [4.69, 9.17) is 0 Å². The Bertz CT molecular complexity index is 597. The number of fused-ring (bicyclic) bond motifs is 1. The van der Waals surface area contributed by atoms with Crippen molar-refractivity contribution < 1.29 is 9.90 Å².